The Balaban J connectivity index is 2.22. The smallest absolute Gasteiger partial charge is 0.161 e. The van der Waals surface area contributed by atoms with Gasteiger partial charge in [0.1, 0.15) is 6.54 Å². The van der Waals surface area contributed by atoms with Gasteiger partial charge in [0.05, 0.1) is 34.9 Å². The minimum Gasteiger partial charge on any atom is -0.493 e. The fraction of sp³-hybridized carbons (Fsp3) is 0.739. The molecule has 150 valence electrons. The average Bonchev–Trinajstić information content (AvgIpc) is 2.62. The largest absolute Gasteiger partial charge is 0.493 e. The Morgan fingerprint density at radius 2 is 1.27 bits per heavy atom. The number of benzene rings is 1. The van der Waals surface area contributed by atoms with E-state index in [1.54, 1.807) is 14.2 Å². The maximum Gasteiger partial charge on any atom is 0.161 e. The van der Waals surface area contributed by atoms with Crippen molar-refractivity contribution in [1.82, 2.24) is 0 Å². The summed E-state index contributed by atoms with van der Waals surface area (Å²) in [5.41, 5.74) is 1.31. The zero-order chi connectivity index (χ0) is 19.3. The van der Waals surface area contributed by atoms with Crippen LogP contribution in [-0.4, -0.2) is 39.3 Å². The van der Waals surface area contributed by atoms with E-state index in [-0.39, 0.29) is 0 Å². The molecule has 0 N–H and O–H groups in total. The third-order valence-corrected chi connectivity index (χ3v) is 5.18. The molecule has 0 aliphatic carbocycles. The number of ether oxygens (including phenoxy) is 2. The van der Waals surface area contributed by atoms with Gasteiger partial charge in [0, 0.05) is 5.56 Å². The van der Waals surface area contributed by atoms with Crippen LogP contribution in [0, 0.1) is 0 Å². The predicted octanol–water partition coefficient (Wildman–Crippen LogP) is 6.20. The summed E-state index contributed by atoms with van der Waals surface area (Å²) in [7, 11) is 8.03. The Hall–Kier alpha value is -1.22. The van der Waals surface area contributed by atoms with E-state index < -0.39 is 0 Å². The molecule has 0 saturated heterocycles. The van der Waals surface area contributed by atoms with Gasteiger partial charge in [-0.2, -0.15) is 0 Å². The molecule has 0 spiro atoms. The predicted molar refractivity (Wildman–Crippen MR) is 112 cm³/mol. The first-order chi connectivity index (χ1) is 12.5. The van der Waals surface area contributed by atoms with Gasteiger partial charge in [-0.3, -0.25) is 0 Å². The van der Waals surface area contributed by atoms with E-state index in [0.717, 1.165) is 22.5 Å². The highest BCUT2D eigenvalue weighted by Gasteiger charge is 2.16. The summed E-state index contributed by atoms with van der Waals surface area (Å²) in [5.74, 6) is 1.63. The molecular weight excluding hydrogens is 322 g/mol. The summed E-state index contributed by atoms with van der Waals surface area (Å²) in [5, 5.41) is 0. The van der Waals surface area contributed by atoms with Crippen LogP contribution < -0.4 is 9.47 Å². The van der Waals surface area contributed by atoms with Crippen LogP contribution >= 0.6 is 0 Å². The minimum atomic E-state index is 0.802. The van der Waals surface area contributed by atoms with Gasteiger partial charge in [0.2, 0.25) is 0 Å². The van der Waals surface area contributed by atoms with E-state index >= 15 is 0 Å². The van der Waals surface area contributed by atoms with Crippen LogP contribution in [0.3, 0.4) is 0 Å². The maximum atomic E-state index is 5.43. The Bertz CT molecular complexity index is 485. The second-order valence-electron chi connectivity index (χ2n) is 8.19. The van der Waals surface area contributed by atoms with Gasteiger partial charge in [0.15, 0.2) is 11.5 Å². The second-order valence-corrected chi connectivity index (χ2v) is 8.19. The number of unbranched alkanes of at least 4 members (excludes halogenated alkanes) is 9. The van der Waals surface area contributed by atoms with Gasteiger partial charge in [0.25, 0.3) is 0 Å². The number of rotatable bonds is 15. The SMILES string of the molecule is CCCCCCCCCCCC[N+](C)(C)Cc1ccc(OC)c(OC)c1. The highest BCUT2D eigenvalue weighted by Crippen LogP contribution is 2.28. The fourth-order valence-corrected chi connectivity index (χ4v) is 3.58. The molecule has 0 radical (unpaired) electrons. The molecule has 0 saturated carbocycles. The second kappa shape index (κ2) is 13.0. The number of nitrogens with zero attached hydrogens (tertiary/aromatic N) is 1. The lowest BCUT2D eigenvalue weighted by atomic mass is 10.1. The zero-order valence-electron chi connectivity index (χ0n) is 18.0. The first-order valence-electron chi connectivity index (χ1n) is 10.6. The fourth-order valence-electron chi connectivity index (χ4n) is 3.58. The average molecular weight is 365 g/mol. The highest BCUT2D eigenvalue weighted by atomic mass is 16.5. The number of methoxy groups -OCH3 is 2. The molecule has 3 nitrogen and oxygen atoms in total. The third-order valence-electron chi connectivity index (χ3n) is 5.18. The summed E-state index contributed by atoms with van der Waals surface area (Å²) in [6.07, 6.45) is 14.0. The third kappa shape index (κ3) is 9.47. The molecule has 0 atom stereocenters. The van der Waals surface area contributed by atoms with E-state index in [1.165, 1.54) is 76.3 Å². The summed E-state index contributed by atoms with van der Waals surface area (Å²) in [4.78, 5) is 0. The number of hydrogen-bond donors (Lipinski definition) is 0. The van der Waals surface area contributed by atoms with Gasteiger partial charge < -0.3 is 14.0 Å². The Morgan fingerprint density at radius 3 is 1.81 bits per heavy atom. The van der Waals surface area contributed by atoms with Crippen molar-refractivity contribution in [2.24, 2.45) is 0 Å². The summed E-state index contributed by atoms with van der Waals surface area (Å²) < 4.78 is 11.8. The lowest BCUT2D eigenvalue weighted by molar-refractivity contribution is -0.903. The molecule has 1 rings (SSSR count). The molecule has 0 unspecified atom stereocenters. The van der Waals surface area contributed by atoms with Crippen molar-refractivity contribution < 1.29 is 14.0 Å². The first-order valence-corrected chi connectivity index (χ1v) is 10.6. The van der Waals surface area contributed by atoms with Crippen LogP contribution in [0.1, 0.15) is 76.7 Å². The number of quaternary nitrogens is 1. The summed E-state index contributed by atoms with van der Waals surface area (Å²) in [6, 6.07) is 6.27. The standard InChI is InChI=1S/C23H42NO2/c1-6-7-8-9-10-11-12-13-14-15-18-24(2,3)20-21-16-17-22(25-4)23(19-21)26-5/h16-17,19H,6-15,18,20H2,1-5H3/q+1. The van der Waals surface area contributed by atoms with Gasteiger partial charge in [-0.25, -0.2) is 0 Å². The van der Waals surface area contributed by atoms with Crippen LogP contribution in [0.25, 0.3) is 0 Å². The molecule has 0 aliphatic heterocycles. The monoisotopic (exact) mass is 364 g/mol. The van der Waals surface area contributed by atoms with Crippen molar-refractivity contribution in [2.75, 3.05) is 34.9 Å². The van der Waals surface area contributed by atoms with E-state index in [0.29, 0.717) is 0 Å². The molecular formula is C23H42NO2+. The van der Waals surface area contributed by atoms with E-state index in [1.807, 2.05) is 6.07 Å². The van der Waals surface area contributed by atoms with Gasteiger partial charge in [-0.05, 0) is 31.0 Å². The molecule has 1 aromatic carbocycles. The number of hydrogen-bond acceptors (Lipinski definition) is 2. The van der Waals surface area contributed by atoms with E-state index in [4.69, 9.17) is 9.47 Å². The topological polar surface area (TPSA) is 18.5 Å². The molecule has 0 amide bonds. The molecule has 3 heteroatoms. The minimum absolute atomic E-state index is 0.802. The van der Waals surface area contributed by atoms with E-state index in [2.05, 4.69) is 33.2 Å². The van der Waals surface area contributed by atoms with Crippen molar-refractivity contribution in [3.8, 4) is 11.5 Å². The van der Waals surface area contributed by atoms with Crippen LogP contribution in [0.15, 0.2) is 18.2 Å². The van der Waals surface area contributed by atoms with Crippen LogP contribution in [0.5, 0.6) is 11.5 Å². The zero-order valence-corrected chi connectivity index (χ0v) is 18.0. The van der Waals surface area contributed by atoms with Crippen LogP contribution in [0.4, 0.5) is 0 Å². The molecule has 0 aliphatic rings. The Labute approximate surface area is 162 Å². The van der Waals surface area contributed by atoms with Crippen LogP contribution in [0.2, 0.25) is 0 Å². The molecule has 0 fully saturated rings. The lowest BCUT2D eigenvalue weighted by Gasteiger charge is -2.30. The van der Waals surface area contributed by atoms with Crippen molar-refractivity contribution in [3.05, 3.63) is 23.8 Å². The lowest BCUT2D eigenvalue weighted by Crippen LogP contribution is -2.39. The Kier molecular flexibility index (Phi) is 11.4. The van der Waals surface area contributed by atoms with Crippen molar-refractivity contribution >= 4 is 0 Å². The molecule has 0 heterocycles. The van der Waals surface area contributed by atoms with Gasteiger partial charge in [-0.15, -0.1) is 0 Å². The maximum absolute atomic E-state index is 5.43. The van der Waals surface area contributed by atoms with Gasteiger partial charge in [-0.1, -0.05) is 58.3 Å². The normalized spacial score (nSPS) is 11.6. The Morgan fingerprint density at radius 1 is 0.731 bits per heavy atom. The van der Waals surface area contributed by atoms with Crippen molar-refractivity contribution in [1.29, 1.82) is 0 Å². The van der Waals surface area contributed by atoms with Crippen molar-refractivity contribution in [2.45, 2.75) is 77.7 Å². The van der Waals surface area contributed by atoms with Crippen LogP contribution in [-0.2, 0) is 6.54 Å². The quantitative estimate of drug-likeness (QED) is 0.272. The van der Waals surface area contributed by atoms with Gasteiger partial charge >= 0.3 is 0 Å². The van der Waals surface area contributed by atoms with E-state index in [9.17, 15) is 0 Å². The summed E-state index contributed by atoms with van der Waals surface area (Å²) in [6.45, 7) is 4.54. The molecule has 1 aromatic rings. The molecule has 26 heavy (non-hydrogen) atoms. The highest BCUT2D eigenvalue weighted by molar-refractivity contribution is 5.42. The molecule has 0 aromatic heterocycles. The van der Waals surface area contributed by atoms with Crippen molar-refractivity contribution in [3.63, 3.8) is 0 Å². The molecule has 0 bridgehead atoms. The summed E-state index contributed by atoms with van der Waals surface area (Å²) >= 11 is 0. The first kappa shape index (κ1) is 22.8.